The summed E-state index contributed by atoms with van der Waals surface area (Å²) < 4.78 is 12.7. The van der Waals surface area contributed by atoms with Gasteiger partial charge in [-0.1, -0.05) is 17.3 Å². The molecule has 0 N–H and O–H groups in total. The van der Waals surface area contributed by atoms with Gasteiger partial charge in [0, 0.05) is 5.56 Å². The van der Waals surface area contributed by atoms with Crippen molar-refractivity contribution < 1.29 is 9.23 Å². The summed E-state index contributed by atoms with van der Waals surface area (Å²) in [7, 11) is 1.46. The van der Waals surface area contributed by atoms with E-state index in [1.54, 1.807) is 19.1 Å². The first kappa shape index (κ1) is 8.71. The third-order valence-electron chi connectivity index (χ3n) is 1.47. The van der Waals surface area contributed by atoms with Gasteiger partial charge in [0.05, 0.1) is 5.71 Å². The SMILES string of the molecule is CO/N=C(\C)c1cccc(F)c1. The lowest BCUT2D eigenvalue weighted by Crippen LogP contribution is -1.95. The maximum Gasteiger partial charge on any atom is 0.123 e. The lowest BCUT2D eigenvalue weighted by atomic mass is 10.1. The van der Waals surface area contributed by atoms with Crippen molar-refractivity contribution in [2.45, 2.75) is 6.92 Å². The first-order valence-corrected chi connectivity index (χ1v) is 3.57. The summed E-state index contributed by atoms with van der Waals surface area (Å²) in [5.74, 6) is -0.266. The number of hydrogen-bond acceptors (Lipinski definition) is 2. The topological polar surface area (TPSA) is 21.6 Å². The average Bonchev–Trinajstić information content (AvgIpc) is 2.05. The monoisotopic (exact) mass is 167 g/mol. The van der Waals surface area contributed by atoms with Gasteiger partial charge in [0.2, 0.25) is 0 Å². The van der Waals surface area contributed by atoms with E-state index in [-0.39, 0.29) is 5.82 Å². The molecule has 0 bridgehead atoms. The number of benzene rings is 1. The number of rotatable bonds is 2. The second kappa shape index (κ2) is 3.85. The second-order valence-corrected chi connectivity index (χ2v) is 2.37. The van der Waals surface area contributed by atoms with E-state index in [1.165, 1.54) is 19.2 Å². The van der Waals surface area contributed by atoms with Gasteiger partial charge in [-0.05, 0) is 19.1 Å². The molecule has 0 amide bonds. The first-order valence-electron chi connectivity index (χ1n) is 3.57. The van der Waals surface area contributed by atoms with Crippen molar-refractivity contribution in [3.8, 4) is 0 Å². The molecule has 0 aliphatic heterocycles. The molecule has 0 fully saturated rings. The maximum atomic E-state index is 12.7. The van der Waals surface area contributed by atoms with Crippen LogP contribution in [0, 0.1) is 5.82 Å². The molecular weight excluding hydrogens is 157 g/mol. The normalized spacial score (nSPS) is 11.4. The molecule has 0 spiro atoms. The second-order valence-electron chi connectivity index (χ2n) is 2.37. The van der Waals surface area contributed by atoms with Crippen molar-refractivity contribution >= 4 is 5.71 Å². The zero-order chi connectivity index (χ0) is 8.97. The third-order valence-corrected chi connectivity index (χ3v) is 1.47. The van der Waals surface area contributed by atoms with Crippen molar-refractivity contribution in [1.29, 1.82) is 0 Å². The molecule has 64 valence electrons. The van der Waals surface area contributed by atoms with E-state index in [4.69, 9.17) is 0 Å². The van der Waals surface area contributed by atoms with E-state index < -0.39 is 0 Å². The molecule has 0 saturated carbocycles. The Balaban J connectivity index is 2.95. The highest BCUT2D eigenvalue weighted by Crippen LogP contribution is 2.04. The molecule has 3 heteroatoms. The summed E-state index contributed by atoms with van der Waals surface area (Å²) in [6, 6.07) is 6.22. The summed E-state index contributed by atoms with van der Waals surface area (Å²) in [6.07, 6.45) is 0. The van der Waals surface area contributed by atoms with Gasteiger partial charge in [-0.15, -0.1) is 0 Å². The lowest BCUT2D eigenvalue weighted by Gasteiger charge is -1.98. The van der Waals surface area contributed by atoms with Gasteiger partial charge in [-0.3, -0.25) is 0 Å². The maximum absolute atomic E-state index is 12.7. The Morgan fingerprint density at radius 3 is 2.83 bits per heavy atom. The fourth-order valence-corrected chi connectivity index (χ4v) is 0.903. The van der Waals surface area contributed by atoms with Gasteiger partial charge in [-0.2, -0.15) is 0 Å². The van der Waals surface area contributed by atoms with Crippen molar-refractivity contribution in [3.05, 3.63) is 35.6 Å². The van der Waals surface area contributed by atoms with Gasteiger partial charge in [-0.25, -0.2) is 4.39 Å². The molecular formula is C9H10FNO. The summed E-state index contributed by atoms with van der Waals surface area (Å²) >= 11 is 0. The number of nitrogens with zero attached hydrogens (tertiary/aromatic N) is 1. The quantitative estimate of drug-likeness (QED) is 0.488. The predicted molar refractivity (Wildman–Crippen MR) is 45.6 cm³/mol. The molecule has 12 heavy (non-hydrogen) atoms. The highest BCUT2D eigenvalue weighted by Gasteiger charge is 1.98. The van der Waals surface area contributed by atoms with Crippen LogP contribution in [0.1, 0.15) is 12.5 Å². The molecule has 0 unspecified atom stereocenters. The molecule has 0 aliphatic carbocycles. The largest absolute Gasteiger partial charge is 0.399 e. The Morgan fingerprint density at radius 2 is 2.25 bits per heavy atom. The van der Waals surface area contributed by atoms with Crippen LogP contribution in [-0.2, 0) is 4.84 Å². The minimum Gasteiger partial charge on any atom is -0.399 e. The number of halogens is 1. The van der Waals surface area contributed by atoms with Gasteiger partial charge >= 0.3 is 0 Å². The van der Waals surface area contributed by atoms with E-state index in [0.29, 0.717) is 5.71 Å². The Labute approximate surface area is 70.7 Å². The molecule has 0 aliphatic rings. The summed E-state index contributed by atoms with van der Waals surface area (Å²) in [5, 5.41) is 3.69. The fraction of sp³-hybridized carbons (Fsp3) is 0.222. The minimum absolute atomic E-state index is 0.266. The zero-order valence-corrected chi connectivity index (χ0v) is 7.04. The van der Waals surface area contributed by atoms with Crippen LogP contribution in [0.2, 0.25) is 0 Å². The van der Waals surface area contributed by atoms with Crippen LogP contribution < -0.4 is 0 Å². The molecule has 0 heterocycles. The van der Waals surface area contributed by atoms with Crippen molar-refractivity contribution in [2.24, 2.45) is 5.16 Å². The molecule has 1 rings (SSSR count). The third kappa shape index (κ3) is 2.05. The smallest absolute Gasteiger partial charge is 0.123 e. The van der Waals surface area contributed by atoms with Crippen molar-refractivity contribution in [2.75, 3.05) is 7.11 Å². The highest BCUT2D eigenvalue weighted by atomic mass is 19.1. The van der Waals surface area contributed by atoms with Gasteiger partial charge < -0.3 is 4.84 Å². The van der Waals surface area contributed by atoms with Gasteiger partial charge in [0.25, 0.3) is 0 Å². The molecule has 2 nitrogen and oxygen atoms in total. The minimum atomic E-state index is -0.266. The summed E-state index contributed by atoms with van der Waals surface area (Å²) in [6.45, 7) is 1.76. The van der Waals surface area contributed by atoms with Gasteiger partial charge in [0.15, 0.2) is 0 Å². The highest BCUT2D eigenvalue weighted by molar-refractivity contribution is 5.98. The molecule has 0 saturated heterocycles. The van der Waals surface area contributed by atoms with Crippen LogP contribution in [0.4, 0.5) is 4.39 Å². The van der Waals surface area contributed by atoms with E-state index in [1.807, 2.05) is 0 Å². The lowest BCUT2D eigenvalue weighted by molar-refractivity contribution is 0.213. The zero-order valence-electron chi connectivity index (χ0n) is 7.04. The Morgan fingerprint density at radius 1 is 1.50 bits per heavy atom. The molecule has 1 aromatic rings. The summed E-state index contributed by atoms with van der Waals surface area (Å²) in [5.41, 5.74) is 1.40. The van der Waals surface area contributed by atoms with E-state index in [9.17, 15) is 4.39 Å². The first-order chi connectivity index (χ1) is 5.74. The van der Waals surface area contributed by atoms with Crippen LogP contribution in [0.3, 0.4) is 0 Å². The van der Waals surface area contributed by atoms with Crippen LogP contribution in [0.5, 0.6) is 0 Å². The van der Waals surface area contributed by atoms with Crippen molar-refractivity contribution in [1.82, 2.24) is 0 Å². The number of hydrogen-bond donors (Lipinski definition) is 0. The fourth-order valence-electron chi connectivity index (χ4n) is 0.903. The Bertz CT molecular complexity index is 296. The number of oxime groups is 1. The average molecular weight is 167 g/mol. The predicted octanol–water partition coefficient (Wildman–Crippen LogP) is 2.20. The molecule has 0 aromatic heterocycles. The Hall–Kier alpha value is -1.38. The van der Waals surface area contributed by atoms with Crippen LogP contribution in [-0.4, -0.2) is 12.8 Å². The van der Waals surface area contributed by atoms with Crippen LogP contribution in [0.15, 0.2) is 29.4 Å². The molecule has 1 aromatic carbocycles. The molecule has 0 atom stereocenters. The van der Waals surface area contributed by atoms with E-state index >= 15 is 0 Å². The molecule has 0 radical (unpaired) electrons. The van der Waals surface area contributed by atoms with E-state index in [2.05, 4.69) is 9.99 Å². The van der Waals surface area contributed by atoms with E-state index in [0.717, 1.165) is 5.56 Å². The van der Waals surface area contributed by atoms with Crippen molar-refractivity contribution in [3.63, 3.8) is 0 Å². The summed E-state index contributed by atoms with van der Waals surface area (Å²) in [4.78, 5) is 4.56. The standard InChI is InChI=1S/C9H10FNO/c1-7(11-12-2)8-4-3-5-9(10)6-8/h3-6H,1-2H3/b11-7+. The van der Waals surface area contributed by atoms with Gasteiger partial charge in [0.1, 0.15) is 12.9 Å². The van der Waals surface area contributed by atoms with Crippen LogP contribution >= 0.6 is 0 Å². The van der Waals surface area contributed by atoms with Crippen LogP contribution in [0.25, 0.3) is 0 Å². The Kier molecular flexibility index (Phi) is 2.80.